The lowest BCUT2D eigenvalue weighted by molar-refractivity contribution is 0.0691. The number of aromatic carboxylic acids is 1. The molecule has 2 heterocycles. The first-order chi connectivity index (χ1) is 12.1. The molecule has 128 valence electrons. The summed E-state index contributed by atoms with van der Waals surface area (Å²) in [6.45, 7) is 0. The monoisotopic (exact) mass is 360 g/mol. The third-order valence-electron chi connectivity index (χ3n) is 3.51. The molecule has 1 N–H and O–H groups in total. The number of halogens is 1. The zero-order valence-corrected chi connectivity index (χ0v) is 14.1. The second-order valence-corrected chi connectivity index (χ2v) is 5.31. The smallest absolute Gasteiger partial charge is 0.358 e. The predicted molar refractivity (Wildman–Crippen MR) is 89.7 cm³/mol. The number of hydrogen-bond donors (Lipinski definition) is 1. The van der Waals surface area contributed by atoms with Gasteiger partial charge in [0.25, 0.3) is 0 Å². The van der Waals surface area contributed by atoms with Gasteiger partial charge in [0.1, 0.15) is 22.9 Å². The predicted octanol–water partition coefficient (Wildman–Crippen LogP) is 2.70. The first-order valence-electron chi connectivity index (χ1n) is 7.08. The average Bonchev–Trinajstić information content (AvgIpc) is 3.07. The van der Waals surface area contributed by atoms with Gasteiger partial charge in [0.05, 0.1) is 19.2 Å². The van der Waals surface area contributed by atoms with E-state index < -0.39 is 5.97 Å². The van der Waals surface area contributed by atoms with Crippen molar-refractivity contribution in [1.82, 2.24) is 20.0 Å². The molecular weight excluding hydrogens is 348 g/mol. The number of benzene rings is 1. The Labute approximate surface area is 147 Å². The summed E-state index contributed by atoms with van der Waals surface area (Å²) in [6, 6.07) is 6.50. The first kappa shape index (κ1) is 16.7. The molecule has 0 bridgehead atoms. The van der Waals surface area contributed by atoms with E-state index in [2.05, 4.69) is 15.3 Å². The molecule has 2 aromatic heterocycles. The van der Waals surface area contributed by atoms with Gasteiger partial charge in [-0.25, -0.2) is 9.48 Å². The van der Waals surface area contributed by atoms with Crippen molar-refractivity contribution < 1.29 is 19.4 Å². The van der Waals surface area contributed by atoms with E-state index in [1.807, 2.05) is 0 Å². The second-order valence-electron chi connectivity index (χ2n) is 4.90. The van der Waals surface area contributed by atoms with Gasteiger partial charge < -0.3 is 14.6 Å². The van der Waals surface area contributed by atoms with Crippen LogP contribution in [0.25, 0.3) is 16.9 Å². The molecule has 9 heteroatoms. The Bertz CT molecular complexity index is 927. The zero-order chi connectivity index (χ0) is 18.0. The maximum Gasteiger partial charge on any atom is 0.358 e. The molecule has 0 radical (unpaired) electrons. The molecular formula is C16H13ClN4O4. The Balaban J connectivity index is 2.29. The van der Waals surface area contributed by atoms with Gasteiger partial charge in [-0.05, 0) is 18.2 Å². The second kappa shape index (κ2) is 6.78. The number of aromatic nitrogens is 4. The molecule has 0 aliphatic carbocycles. The highest BCUT2D eigenvalue weighted by molar-refractivity contribution is 6.32. The van der Waals surface area contributed by atoms with Gasteiger partial charge in [-0.15, -0.1) is 5.10 Å². The SMILES string of the molecule is COc1cc(OC)c(-n2nnc(C(=O)O)c2-c2ccncc2)cc1Cl. The Morgan fingerprint density at radius 1 is 1.16 bits per heavy atom. The van der Waals surface area contributed by atoms with E-state index in [-0.39, 0.29) is 11.4 Å². The number of methoxy groups -OCH3 is 2. The van der Waals surface area contributed by atoms with Crippen LogP contribution in [0.5, 0.6) is 11.5 Å². The highest BCUT2D eigenvalue weighted by atomic mass is 35.5. The molecule has 3 rings (SSSR count). The number of carboxylic acid groups (broad SMARTS) is 1. The molecule has 0 spiro atoms. The van der Waals surface area contributed by atoms with E-state index in [0.29, 0.717) is 27.8 Å². The van der Waals surface area contributed by atoms with E-state index in [9.17, 15) is 9.90 Å². The fourth-order valence-electron chi connectivity index (χ4n) is 2.37. The fourth-order valence-corrected chi connectivity index (χ4v) is 2.61. The van der Waals surface area contributed by atoms with Crippen LogP contribution in [-0.2, 0) is 0 Å². The van der Waals surface area contributed by atoms with Crippen molar-refractivity contribution in [2.45, 2.75) is 0 Å². The summed E-state index contributed by atoms with van der Waals surface area (Å²) in [5.74, 6) is -0.374. The molecule has 0 saturated carbocycles. The number of hydrogen-bond acceptors (Lipinski definition) is 6. The third kappa shape index (κ3) is 2.99. The van der Waals surface area contributed by atoms with Crippen molar-refractivity contribution in [3.8, 4) is 28.4 Å². The highest BCUT2D eigenvalue weighted by Crippen LogP contribution is 2.36. The minimum atomic E-state index is -1.20. The lowest BCUT2D eigenvalue weighted by atomic mass is 10.1. The third-order valence-corrected chi connectivity index (χ3v) is 3.80. The molecule has 0 saturated heterocycles. The van der Waals surface area contributed by atoms with Crippen molar-refractivity contribution >= 4 is 17.6 Å². The van der Waals surface area contributed by atoms with E-state index >= 15 is 0 Å². The molecule has 0 aliphatic rings. The van der Waals surface area contributed by atoms with Crippen LogP contribution in [0.4, 0.5) is 0 Å². The molecule has 25 heavy (non-hydrogen) atoms. The topological polar surface area (TPSA) is 99.4 Å². The van der Waals surface area contributed by atoms with Crippen LogP contribution in [-0.4, -0.2) is 45.3 Å². The molecule has 0 fully saturated rings. The van der Waals surface area contributed by atoms with Crippen LogP contribution in [0.3, 0.4) is 0 Å². The Kier molecular flexibility index (Phi) is 4.53. The zero-order valence-electron chi connectivity index (χ0n) is 13.3. The number of carboxylic acids is 1. The van der Waals surface area contributed by atoms with E-state index in [1.54, 1.807) is 36.7 Å². The molecule has 1 aromatic carbocycles. The average molecular weight is 361 g/mol. The van der Waals surface area contributed by atoms with Crippen LogP contribution in [0.1, 0.15) is 10.5 Å². The van der Waals surface area contributed by atoms with Crippen LogP contribution in [0.2, 0.25) is 5.02 Å². The minimum Gasteiger partial charge on any atom is -0.495 e. The van der Waals surface area contributed by atoms with Gasteiger partial charge in [-0.2, -0.15) is 0 Å². The standard InChI is InChI=1S/C16H13ClN4O4/c1-24-12-8-13(25-2)11(7-10(12)17)21-15(9-3-5-18-6-4-9)14(16(22)23)19-20-21/h3-8H,1-2H3,(H,22,23). The lowest BCUT2D eigenvalue weighted by Gasteiger charge is -2.13. The van der Waals surface area contributed by atoms with E-state index in [0.717, 1.165) is 0 Å². The van der Waals surface area contributed by atoms with Crippen molar-refractivity contribution in [3.05, 3.63) is 47.4 Å². The van der Waals surface area contributed by atoms with E-state index in [4.69, 9.17) is 21.1 Å². The molecule has 0 aliphatic heterocycles. The van der Waals surface area contributed by atoms with Crippen molar-refractivity contribution in [2.75, 3.05) is 14.2 Å². The maximum atomic E-state index is 11.6. The number of pyridine rings is 1. The Morgan fingerprint density at radius 3 is 2.44 bits per heavy atom. The Morgan fingerprint density at radius 2 is 1.84 bits per heavy atom. The molecule has 8 nitrogen and oxygen atoms in total. The van der Waals surface area contributed by atoms with Crippen molar-refractivity contribution in [1.29, 1.82) is 0 Å². The normalized spacial score (nSPS) is 10.5. The lowest BCUT2D eigenvalue weighted by Crippen LogP contribution is -2.05. The van der Waals surface area contributed by atoms with Crippen molar-refractivity contribution in [3.63, 3.8) is 0 Å². The number of rotatable bonds is 5. The number of carbonyl (C=O) groups is 1. The quantitative estimate of drug-likeness (QED) is 0.746. The summed E-state index contributed by atoms with van der Waals surface area (Å²) < 4.78 is 11.9. The van der Waals surface area contributed by atoms with Gasteiger partial charge in [0, 0.05) is 24.0 Å². The Hall–Kier alpha value is -3.13. The fraction of sp³-hybridized carbons (Fsp3) is 0.125. The summed E-state index contributed by atoms with van der Waals surface area (Å²) in [4.78, 5) is 15.5. The summed E-state index contributed by atoms with van der Waals surface area (Å²) in [7, 11) is 2.97. The number of ether oxygens (including phenoxy) is 2. The summed E-state index contributed by atoms with van der Waals surface area (Å²) >= 11 is 6.21. The summed E-state index contributed by atoms with van der Waals surface area (Å²) in [6.07, 6.45) is 3.10. The van der Waals surface area contributed by atoms with Crippen LogP contribution in [0, 0.1) is 0 Å². The van der Waals surface area contributed by atoms with Crippen LogP contribution in [0.15, 0.2) is 36.7 Å². The molecule has 0 atom stereocenters. The van der Waals surface area contributed by atoms with Crippen LogP contribution < -0.4 is 9.47 Å². The van der Waals surface area contributed by atoms with Gasteiger partial charge in [-0.3, -0.25) is 4.98 Å². The van der Waals surface area contributed by atoms with E-state index in [1.165, 1.54) is 18.9 Å². The largest absolute Gasteiger partial charge is 0.495 e. The van der Waals surface area contributed by atoms with Crippen LogP contribution >= 0.6 is 11.6 Å². The summed E-state index contributed by atoms with van der Waals surface area (Å²) in [5.41, 5.74) is 1.11. The first-order valence-corrected chi connectivity index (χ1v) is 7.46. The number of nitrogens with zero attached hydrogens (tertiary/aromatic N) is 4. The summed E-state index contributed by atoms with van der Waals surface area (Å²) in [5, 5.41) is 17.5. The van der Waals surface area contributed by atoms with Crippen molar-refractivity contribution in [2.24, 2.45) is 0 Å². The maximum absolute atomic E-state index is 11.6. The minimum absolute atomic E-state index is 0.194. The molecule has 0 unspecified atom stereocenters. The molecule has 3 aromatic rings. The van der Waals surface area contributed by atoms with Gasteiger partial charge in [0.2, 0.25) is 0 Å². The van der Waals surface area contributed by atoms with Gasteiger partial charge in [-0.1, -0.05) is 16.8 Å². The highest BCUT2D eigenvalue weighted by Gasteiger charge is 2.24. The van der Waals surface area contributed by atoms with Gasteiger partial charge >= 0.3 is 5.97 Å². The van der Waals surface area contributed by atoms with Gasteiger partial charge in [0.15, 0.2) is 5.69 Å². The molecule has 0 amide bonds.